The second-order valence-electron chi connectivity index (χ2n) is 4.49. The zero-order valence-electron chi connectivity index (χ0n) is 10.5. The first-order valence-corrected chi connectivity index (χ1v) is 6.14. The van der Waals surface area contributed by atoms with Gasteiger partial charge in [-0.15, -0.1) is 0 Å². The zero-order valence-corrected chi connectivity index (χ0v) is 11.3. The lowest BCUT2D eigenvalue weighted by molar-refractivity contribution is 0.114. The predicted molar refractivity (Wildman–Crippen MR) is 70.8 cm³/mol. The Morgan fingerprint density at radius 1 is 1.41 bits per heavy atom. The van der Waals surface area contributed by atoms with E-state index in [0.29, 0.717) is 5.92 Å². The maximum absolute atomic E-state index is 9.37. The summed E-state index contributed by atoms with van der Waals surface area (Å²) in [6, 6.07) is 3.83. The zero-order chi connectivity index (χ0) is 13.0. The van der Waals surface area contributed by atoms with Gasteiger partial charge in [-0.2, -0.15) is 0 Å². The van der Waals surface area contributed by atoms with Crippen LogP contribution < -0.4 is 10.5 Å². The molecule has 0 amide bonds. The summed E-state index contributed by atoms with van der Waals surface area (Å²) in [4.78, 5) is 0. The van der Waals surface area contributed by atoms with Crippen LogP contribution in [0.1, 0.15) is 30.9 Å². The summed E-state index contributed by atoms with van der Waals surface area (Å²) in [6.07, 6.45) is -0.632. The standard InChI is InChI=1S/C13H20ClNO2/c1-8(2)11-5-13(9(3)4-12(11)14)17-7-10(16)6-15/h4-5,8,10,16H,6-7,15H2,1-3H3. The largest absolute Gasteiger partial charge is 0.491 e. The van der Waals surface area contributed by atoms with Crippen molar-refractivity contribution in [3.63, 3.8) is 0 Å². The van der Waals surface area contributed by atoms with Crippen LogP contribution in [0, 0.1) is 6.92 Å². The number of nitrogens with two attached hydrogens (primary N) is 1. The summed E-state index contributed by atoms with van der Waals surface area (Å²) in [7, 11) is 0. The number of hydrogen-bond acceptors (Lipinski definition) is 3. The first-order chi connectivity index (χ1) is 7.95. The molecule has 0 saturated carbocycles. The van der Waals surface area contributed by atoms with Crippen molar-refractivity contribution in [2.45, 2.75) is 32.8 Å². The lowest BCUT2D eigenvalue weighted by atomic mass is 10.0. The summed E-state index contributed by atoms with van der Waals surface area (Å²) >= 11 is 6.16. The average molecular weight is 258 g/mol. The molecule has 4 heteroatoms. The van der Waals surface area contributed by atoms with E-state index in [2.05, 4.69) is 13.8 Å². The van der Waals surface area contributed by atoms with Crippen LogP contribution in [-0.2, 0) is 0 Å². The number of benzene rings is 1. The molecular formula is C13H20ClNO2. The molecule has 3 nitrogen and oxygen atoms in total. The third kappa shape index (κ3) is 3.87. The molecule has 0 aliphatic rings. The van der Waals surface area contributed by atoms with Crippen molar-refractivity contribution in [3.05, 3.63) is 28.3 Å². The normalized spacial score (nSPS) is 12.9. The minimum absolute atomic E-state index is 0.198. The van der Waals surface area contributed by atoms with Gasteiger partial charge >= 0.3 is 0 Å². The molecule has 0 aliphatic heterocycles. The first kappa shape index (κ1) is 14.3. The second-order valence-corrected chi connectivity index (χ2v) is 4.90. The highest BCUT2D eigenvalue weighted by atomic mass is 35.5. The molecule has 17 heavy (non-hydrogen) atoms. The predicted octanol–water partition coefficient (Wildman–Crippen LogP) is 2.47. The van der Waals surface area contributed by atoms with Crippen LogP contribution in [0.3, 0.4) is 0 Å². The van der Waals surface area contributed by atoms with Gasteiger partial charge in [0.2, 0.25) is 0 Å². The van der Waals surface area contributed by atoms with Crippen LogP contribution in [0.5, 0.6) is 5.75 Å². The Morgan fingerprint density at radius 3 is 2.59 bits per heavy atom. The first-order valence-electron chi connectivity index (χ1n) is 5.76. The molecule has 3 N–H and O–H groups in total. The highest BCUT2D eigenvalue weighted by Crippen LogP contribution is 2.31. The summed E-state index contributed by atoms with van der Waals surface area (Å²) < 4.78 is 5.55. The molecule has 0 fully saturated rings. The SMILES string of the molecule is Cc1cc(Cl)c(C(C)C)cc1OCC(O)CN. The van der Waals surface area contributed by atoms with Gasteiger partial charge in [0.15, 0.2) is 0 Å². The van der Waals surface area contributed by atoms with E-state index in [1.165, 1.54) is 0 Å². The van der Waals surface area contributed by atoms with Crippen molar-refractivity contribution in [2.75, 3.05) is 13.2 Å². The minimum Gasteiger partial charge on any atom is -0.491 e. The van der Waals surface area contributed by atoms with E-state index >= 15 is 0 Å². The van der Waals surface area contributed by atoms with Gasteiger partial charge in [0.25, 0.3) is 0 Å². The van der Waals surface area contributed by atoms with Crippen LogP contribution in [0.2, 0.25) is 5.02 Å². The van der Waals surface area contributed by atoms with Crippen molar-refractivity contribution in [1.29, 1.82) is 0 Å². The molecule has 1 aromatic rings. The smallest absolute Gasteiger partial charge is 0.122 e. The van der Waals surface area contributed by atoms with Gasteiger partial charge in [0.05, 0.1) is 0 Å². The van der Waals surface area contributed by atoms with E-state index in [9.17, 15) is 5.11 Å². The maximum atomic E-state index is 9.37. The van der Waals surface area contributed by atoms with E-state index in [0.717, 1.165) is 21.9 Å². The van der Waals surface area contributed by atoms with Crippen LogP contribution in [0.4, 0.5) is 0 Å². The van der Waals surface area contributed by atoms with Crippen LogP contribution >= 0.6 is 11.6 Å². The molecular weight excluding hydrogens is 238 g/mol. The Bertz CT molecular complexity index is 380. The lowest BCUT2D eigenvalue weighted by Crippen LogP contribution is -2.26. The Labute approximate surface area is 108 Å². The fraction of sp³-hybridized carbons (Fsp3) is 0.538. The highest BCUT2D eigenvalue weighted by molar-refractivity contribution is 6.31. The molecule has 96 valence electrons. The highest BCUT2D eigenvalue weighted by Gasteiger charge is 2.11. The van der Waals surface area contributed by atoms with E-state index in [1.54, 1.807) is 0 Å². The Balaban J connectivity index is 2.88. The van der Waals surface area contributed by atoms with Gasteiger partial charge < -0.3 is 15.6 Å². The molecule has 0 bridgehead atoms. The van der Waals surface area contributed by atoms with Crippen LogP contribution in [0.25, 0.3) is 0 Å². The number of ether oxygens (including phenoxy) is 1. The third-order valence-corrected chi connectivity index (χ3v) is 2.95. The van der Waals surface area contributed by atoms with E-state index in [4.69, 9.17) is 22.1 Å². The molecule has 1 aromatic carbocycles. The van der Waals surface area contributed by atoms with Gasteiger partial charge in [-0.3, -0.25) is 0 Å². The van der Waals surface area contributed by atoms with Crippen molar-refractivity contribution >= 4 is 11.6 Å². The van der Waals surface area contributed by atoms with Crippen molar-refractivity contribution in [2.24, 2.45) is 5.73 Å². The fourth-order valence-corrected chi connectivity index (χ4v) is 1.96. The fourth-order valence-electron chi connectivity index (χ4n) is 1.52. The molecule has 1 rings (SSSR count). The second kappa shape index (κ2) is 6.24. The van der Waals surface area contributed by atoms with E-state index in [1.807, 2.05) is 19.1 Å². The molecule has 0 spiro atoms. The van der Waals surface area contributed by atoms with Gasteiger partial charge in [0, 0.05) is 11.6 Å². The number of halogens is 1. The van der Waals surface area contributed by atoms with Gasteiger partial charge in [-0.25, -0.2) is 0 Å². The summed E-state index contributed by atoms with van der Waals surface area (Å²) in [5.41, 5.74) is 7.34. The van der Waals surface area contributed by atoms with Crippen LogP contribution in [-0.4, -0.2) is 24.4 Å². The summed E-state index contributed by atoms with van der Waals surface area (Å²) in [5.74, 6) is 1.09. The van der Waals surface area contributed by atoms with Crippen LogP contribution in [0.15, 0.2) is 12.1 Å². The van der Waals surface area contributed by atoms with Gasteiger partial charge in [-0.1, -0.05) is 25.4 Å². The molecule has 0 aromatic heterocycles. The van der Waals surface area contributed by atoms with Gasteiger partial charge in [-0.05, 0) is 36.1 Å². The van der Waals surface area contributed by atoms with Crippen molar-refractivity contribution in [1.82, 2.24) is 0 Å². The summed E-state index contributed by atoms with van der Waals surface area (Å²) in [5, 5.41) is 10.1. The Morgan fingerprint density at radius 2 is 2.06 bits per heavy atom. The van der Waals surface area contributed by atoms with E-state index in [-0.39, 0.29) is 13.2 Å². The molecule has 1 atom stereocenters. The van der Waals surface area contributed by atoms with Crippen molar-refractivity contribution in [3.8, 4) is 5.75 Å². The summed E-state index contributed by atoms with van der Waals surface area (Å²) in [6.45, 7) is 6.49. The van der Waals surface area contributed by atoms with Crippen molar-refractivity contribution < 1.29 is 9.84 Å². The number of hydrogen-bond donors (Lipinski definition) is 2. The number of rotatable bonds is 5. The molecule has 1 unspecified atom stereocenters. The van der Waals surface area contributed by atoms with E-state index < -0.39 is 6.10 Å². The monoisotopic (exact) mass is 257 g/mol. The number of aryl methyl sites for hydroxylation is 1. The van der Waals surface area contributed by atoms with Gasteiger partial charge in [0.1, 0.15) is 18.5 Å². The Hall–Kier alpha value is -0.770. The minimum atomic E-state index is -0.632. The molecule has 0 heterocycles. The number of aliphatic hydroxyl groups excluding tert-OH is 1. The lowest BCUT2D eigenvalue weighted by Gasteiger charge is -2.16. The third-order valence-electron chi connectivity index (χ3n) is 2.62. The molecule has 0 saturated heterocycles. The quantitative estimate of drug-likeness (QED) is 0.852. The Kier molecular flexibility index (Phi) is 5.25. The molecule has 0 aliphatic carbocycles. The topological polar surface area (TPSA) is 55.5 Å². The molecule has 0 radical (unpaired) electrons. The number of aliphatic hydroxyl groups is 1. The maximum Gasteiger partial charge on any atom is 0.122 e. The average Bonchev–Trinajstić information content (AvgIpc) is 2.26.